The Labute approximate surface area is 176 Å². The van der Waals surface area contributed by atoms with Gasteiger partial charge >= 0.3 is 0 Å². The number of aliphatic hydroxyl groups excluding tert-OH is 2. The van der Waals surface area contributed by atoms with Gasteiger partial charge in [0.05, 0.1) is 33.8 Å². The summed E-state index contributed by atoms with van der Waals surface area (Å²) in [4.78, 5) is 20.1. The van der Waals surface area contributed by atoms with Crippen LogP contribution >= 0.6 is 11.6 Å². The zero-order valence-corrected chi connectivity index (χ0v) is 16.8. The number of rotatable bonds is 8. The first-order valence-electron chi connectivity index (χ1n) is 8.59. The number of anilines is 4. The minimum absolute atomic E-state index is 0.0135. The van der Waals surface area contributed by atoms with Crippen molar-refractivity contribution in [3.63, 3.8) is 0 Å². The fourth-order valence-corrected chi connectivity index (χ4v) is 2.56. The molecule has 0 amide bonds. The van der Waals surface area contributed by atoms with Crippen LogP contribution < -0.4 is 22.1 Å². The highest BCUT2D eigenvalue weighted by Gasteiger charge is 2.15. The van der Waals surface area contributed by atoms with Crippen LogP contribution in [0.15, 0.2) is 24.3 Å². The number of nitrogen functional groups attached to an aromatic ring is 2. The smallest absolute Gasteiger partial charge is 0.294 e. The van der Waals surface area contributed by atoms with E-state index >= 15 is 0 Å². The van der Waals surface area contributed by atoms with E-state index < -0.39 is 9.85 Å². The number of hydrogen-bond donors (Lipinski definition) is 6. The highest BCUT2D eigenvalue weighted by Crippen LogP contribution is 2.32. The Kier molecular flexibility index (Phi) is 9.55. The second-order valence-electron chi connectivity index (χ2n) is 5.93. The van der Waals surface area contributed by atoms with E-state index in [0.29, 0.717) is 17.9 Å². The second-order valence-corrected chi connectivity index (χ2v) is 6.34. The Morgan fingerprint density at radius 2 is 1.33 bits per heavy atom. The van der Waals surface area contributed by atoms with Crippen LogP contribution in [0.1, 0.15) is 5.56 Å². The minimum atomic E-state index is -0.588. The molecule has 0 aromatic heterocycles. The average Bonchev–Trinajstić information content (AvgIpc) is 2.66. The third-order valence-corrected chi connectivity index (χ3v) is 4.05. The predicted molar refractivity (Wildman–Crippen MR) is 116 cm³/mol. The number of aliphatic hydroxyl groups is 2. The van der Waals surface area contributed by atoms with Crippen molar-refractivity contribution >= 4 is 45.7 Å². The molecular formula is C17H23ClN6O6. The summed E-state index contributed by atoms with van der Waals surface area (Å²) in [7, 11) is 0. The number of nitro benzene ring substituents is 2. The van der Waals surface area contributed by atoms with E-state index in [2.05, 4.69) is 10.6 Å². The quantitative estimate of drug-likeness (QED) is 0.199. The molecule has 0 heterocycles. The van der Waals surface area contributed by atoms with Crippen LogP contribution in [0.2, 0.25) is 5.02 Å². The Hall–Kier alpha value is -3.35. The summed E-state index contributed by atoms with van der Waals surface area (Å²) in [5.74, 6) is 0. The topological polar surface area (TPSA) is 203 Å². The fraction of sp³-hybridized carbons (Fsp3) is 0.294. The maximum atomic E-state index is 10.6. The molecule has 0 aliphatic heterocycles. The number of nitrogens with zero attached hydrogens (tertiary/aromatic N) is 2. The standard InChI is InChI=1S/C9H13N3O3.C8H10ClN3O3/c1-6-4-7(10)9(12(14)15)5-8(6)11-2-3-13;9-5-3-6(10)8(12(14)15)4-7(5)11-1-2-13/h4-5,11,13H,2-3,10H2,1H3;3-4,11,13H,1-2,10H2. The van der Waals surface area contributed by atoms with Gasteiger partial charge in [-0.15, -0.1) is 0 Å². The summed E-state index contributed by atoms with van der Waals surface area (Å²) in [5, 5.41) is 44.3. The maximum absolute atomic E-state index is 10.6. The molecule has 164 valence electrons. The van der Waals surface area contributed by atoms with Crippen LogP contribution in [0.3, 0.4) is 0 Å². The molecule has 13 heteroatoms. The summed E-state index contributed by atoms with van der Waals surface area (Å²) in [6.07, 6.45) is 0. The largest absolute Gasteiger partial charge is 0.395 e. The molecule has 0 saturated heterocycles. The molecule has 0 spiro atoms. The zero-order valence-electron chi connectivity index (χ0n) is 16.1. The summed E-state index contributed by atoms with van der Waals surface area (Å²) >= 11 is 5.80. The lowest BCUT2D eigenvalue weighted by Crippen LogP contribution is -2.07. The molecule has 30 heavy (non-hydrogen) atoms. The number of nitro groups is 2. The molecule has 12 nitrogen and oxygen atoms in total. The van der Waals surface area contributed by atoms with E-state index in [1.165, 1.54) is 24.3 Å². The highest BCUT2D eigenvalue weighted by molar-refractivity contribution is 6.33. The molecule has 0 radical (unpaired) electrons. The Balaban J connectivity index is 0.000000300. The van der Waals surface area contributed by atoms with E-state index in [9.17, 15) is 20.2 Å². The van der Waals surface area contributed by atoms with E-state index in [1.54, 1.807) is 6.92 Å². The first-order chi connectivity index (χ1) is 14.1. The SMILES string of the molecule is Cc1cc(N)c([N+](=O)[O-])cc1NCCO.Nc1cc(Cl)c(NCCO)cc1[N+](=O)[O-]. The van der Waals surface area contributed by atoms with Gasteiger partial charge in [0.25, 0.3) is 11.4 Å². The Morgan fingerprint density at radius 1 is 0.900 bits per heavy atom. The summed E-state index contributed by atoms with van der Waals surface area (Å²) in [6, 6.07) is 5.46. The van der Waals surface area contributed by atoms with Crippen molar-refractivity contribution in [3.8, 4) is 0 Å². The van der Waals surface area contributed by atoms with Gasteiger partial charge < -0.3 is 32.3 Å². The average molecular weight is 443 g/mol. The van der Waals surface area contributed by atoms with Gasteiger partial charge in [-0.1, -0.05) is 11.6 Å². The van der Waals surface area contributed by atoms with Crippen molar-refractivity contribution in [1.82, 2.24) is 0 Å². The Morgan fingerprint density at radius 3 is 1.80 bits per heavy atom. The van der Waals surface area contributed by atoms with Gasteiger partial charge in [0.2, 0.25) is 0 Å². The molecule has 2 aromatic rings. The summed E-state index contributed by atoms with van der Waals surface area (Å²) in [6.45, 7) is 2.29. The molecule has 0 bridgehead atoms. The first-order valence-corrected chi connectivity index (χ1v) is 8.97. The molecular weight excluding hydrogens is 420 g/mol. The van der Waals surface area contributed by atoms with E-state index in [1.807, 2.05) is 0 Å². The van der Waals surface area contributed by atoms with Gasteiger partial charge in [-0.05, 0) is 24.6 Å². The summed E-state index contributed by atoms with van der Waals surface area (Å²) in [5.41, 5.74) is 12.6. The van der Waals surface area contributed by atoms with E-state index in [4.69, 9.17) is 33.3 Å². The number of nitrogens with one attached hydrogen (secondary N) is 2. The van der Waals surface area contributed by atoms with Crippen LogP contribution in [0.5, 0.6) is 0 Å². The fourth-order valence-electron chi connectivity index (χ4n) is 2.32. The number of hydrogen-bond acceptors (Lipinski definition) is 10. The number of aryl methyl sites for hydroxylation is 1. The van der Waals surface area contributed by atoms with Gasteiger partial charge in [-0.3, -0.25) is 20.2 Å². The first kappa shape index (κ1) is 24.7. The van der Waals surface area contributed by atoms with Crippen LogP contribution in [-0.2, 0) is 0 Å². The molecule has 2 rings (SSSR count). The van der Waals surface area contributed by atoms with Crippen LogP contribution in [0.4, 0.5) is 34.1 Å². The van der Waals surface area contributed by atoms with Crippen molar-refractivity contribution in [3.05, 3.63) is 55.1 Å². The van der Waals surface area contributed by atoms with E-state index in [-0.39, 0.29) is 47.5 Å². The van der Waals surface area contributed by atoms with Gasteiger partial charge in [0, 0.05) is 30.9 Å². The van der Waals surface area contributed by atoms with Crippen molar-refractivity contribution < 1.29 is 20.1 Å². The Bertz CT molecular complexity index is 837. The monoisotopic (exact) mass is 442 g/mol. The molecule has 0 aliphatic carbocycles. The molecule has 0 saturated carbocycles. The molecule has 0 fully saturated rings. The second kappa shape index (κ2) is 11.6. The molecule has 2 aromatic carbocycles. The lowest BCUT2D eigenvalue weighted by Gasteiger charge is -2.09. The third kappa shape index (κ3) is 6.92. The number of nitrogens with two attached hydrogens (primary N) is 2. The zero-order chi connectivity index (χ0) is 22.8. The lowest BCUT2D eigenvalue weighted by atomic mass is 10.1. The van der Waals surface area contributed by atoms with Crippen LogP contribution in [0.25, 0.3) is 0 Å². The predicted octanol–water partition coefficient (Wildman–Crippen LogP) is 2.12. The molecule has 0 atom stereocenters. The van der Waals surface area contributed by atoms with Crippen molar-refractivity contribution in [2.45, 2.75) is 6.92 Å². The number of halogens is 1. The van der Waals surface area contributed by atoms with Crippen LogP contribution in [0, 0.1) is 27.2 Å². The van der Waals surface area contributed by atoms with Gasteiger partial charge in [-0.2, -0.15) is 0 Å². The molecule has 8 N–H and O–H groups in total. The van der Waals surface area contributed by atoms with Gasteiger partial charge in [0.15, 0.2) is 0 Å². The van der Waals surface area contributed by atoms with Crippen LogP contribution in [-0.4, -0.2) is 46.4 Å². The maximum Gasteiger partial charge on any atom is 0.294 e. The molecule has 0 unspecified atom stereocenters. The highest BCUT2D eigenvalue weighted by atomic mass is 35.5. The van der Waals surface area contributed by atoms with Crippen molar-refractivity contribution in [2.75, 3.05) is 48.4 Å². The third-order valence-electron chi connectivity index (χ3n) is 3.74. The van der Waals surface area contributed by atoms with Crippen molar-refractivity contribution in [2.24, 2.45) is 0 Å². The van der Waals surface area contributed by atoms with E-state index in [0.717, 1.165) is 5.56 Å². The van der Waals surface area contributed by atoms with Crippen molar-refractivity contribution in [1.29, 1.82) is 0 Å². The van der Waals surface area contributed by atoms with Gasteiger partial charge in [-0.25, -0.2) is 0 Å². The van der Waals surface area contributed by atoms with Gasteiger partial charge in [0.1, 0.15) is 11.4 Å². The molecule has 0 aliphatic rings. The minimum Gasteiger partial charge on any atom is -0.395 e. The normalized spacial score (nSPS) is 10.0. The number of benzene rings is 2. The lowest BCUT2D eigenvalue weighted by molar-refractivity contribution is -0.384. The summed E-state index contributed by atoms with van der Waals surface area (Å²) < 4.78 is 0.